The Balaban J connectivity index is 1.37. The van der Waals surface area contributed by atoms with E-state index in [1.54, 1.807) is 43.4 Å². The Morgan fingerprint density at radius 1 is 1.12 bits per heavy atom. The predicted molar refractivity (Wildman–Crippen MR) is 130 cm³/mol. The molecule has 11 heteroatoms. The van der Waals surface area contributed by atoms with Gasteiger partial charge in [-0.25, -0.2) is 9.97 Å². The molecule has 1 amide bonds. The zero-order valence-corrected chi connectivity index (χ0v) is 19.2. The first-order valence-electron chi connectivity index (χ1n) is 10.0. The molecule has 0 fully saturated rings. The summed E-state index contributed by atoms with van der Waals surface area (Å²) in [6.45, 7) is 0. The standard InChI is InChI=1S/C23H16ClFN6O2S/c1-26-21(32)19-10-14(6-7-27-19)33-13-3-5-17-18(9-13)31-23(30-17)29-12-2-4-16(24)15(8-12)20-11-28-22(25)34-20/h2-11H,1H3,(H,26,32)(H2,29,30,31). The van der Waals surface area contributed by atoms with Crippen LogP contribution in [0.25, 0.3) is 21.5 Å². The van der Waals surface area contributed by atoms with Crippen LogP contribution < -0.4 is 15.4 Å². The first-order valence-corrected chi connectivity index (χ1v) is 11.2. The summed E-state index contributed by atoms with van der Waals surface area (Å²) in [4.78, 5) is 27.9. The van der Waals surface area contributed by atoms with Gasteiger partial charge in [0.15, 0.2) is 0 Å². The fraction of sp³-hybridized carbons (Fsp3) is 0.0435. The molecular weight excluding hydrogens is 479 g/mol. The third-order valence-corrected chi connectivity index (χ3v) is 6.00. The highest BCUT2D eigenvalue weighted by atomic mass is 35.5. The molecule has 2 aromatic carbocycles. The number of H-pyrrole nitrogens is 1. The number of anilines is 2. The second kappa shape index (κ2) is 9.08. The van der Waals surface area contributed by atoms with Gasteiger partial charge in [-0.1, -0.05) is 22.9 Å². The van der Waals surface area contributed by atoms with Crippen molar-refractivity contribution in [2.24, 2.45) is 0 Å². The Morgan fingerprint density at radius 3 is 2.76 bits per heavy atom. The topological polar surface area (TPSA) is 105 Å². The summed E-state index contributed by atoms with van der Waals surface area (Å²) in [6, 6.07) is 14.0. The number of carbonyl (C=O) groups is 1. The van der Waals surface area contributed by atoms with Crippen molar-refractivity contribution in [1.82, 2.24) is 25.3 Å². The van der Waals surface area contributed by atoms with Gasteiger partial charge in [-0.05, 0) is 36.4 Å². The van der Waals surface area contributed by atoms with Crippen LogP contribution in [0.1, 0.15) is 10.5 Å². The Hall–Kier alpha value is -4.02. The molecule has 34 heavy (non-hydrogen) atoms. The molecule has 0 unspecified atom stereocenters. The summed E-state index contributed by atoms with van der Waals surface area (Å²) < 4.78 is 19.2. The summed E-state index contributed by atoms with van der Waals surface area (Å²) in [6.07, 6.45) is 2.96. The van der Waals surface area contributed by atoms with Gasteiger partial charge in [-0.15, -0.1) is 0 Å². The van der Waals surface area contributed by atoms with Gasteiger partial charge in [0.05, 0.1) is 15.9 Å². The van der Waals surface area contributed by atoms with E-state index in [9.17, 15) is 9.18 Å². The number of nitrogens with zero attached hydrogens (tertiary/aromatic N) is 3. The highest BCUT2D eigenvalue weighted by Crippen LogP contribution is 2.34. The summed E-state index contributed by atoms with van der Waals surface area (Å²) in [5.41, 5.74) is 3.14. The van der Waals surface area contributed by atoms with Gasteiger partial charge in [-0.3, -0.25) is 9.78 Å². The highest BCUT2D eigenvalue weighted by molar-refractivity contribution is 7.13. The lowest BCUT2D eigenvalue weighted by molar-refractivity contribution is 0.0958. The van der Waals surface area contributed by atoms with Gasteiger partial charge < -0.3 is 20.4 Å². The quantitative estimate of drug-likeness (QED) is 0.277. The van der Waals surface area contributed by atoms with Crippen LogP contribution in [-0.2, 0) is 0 Å². The number of thiazole rings is 1. The molecule has 3 N–H and O–H groups in total. The van der Waals surface area contributed by atoms with E-state index in [4.69, 9.17) is 16.3 Å². The van der Waals surface area contributed by atoms with Gasteiger partial charge in [0, 0.05) is 47.8 Å². The minimum absolute atomic E-state index is 0.260. The number of benzene rings is 2. The zero-order valence-electron chi connectivity index (χ0n) is 17.6. The molecule has 0 aliphatic carbocycles. The molecule has 0 saturated carbocycles. The lowest BCUT2D eigenvalue weighted by atomic mass is 10.2. The van der Waals surface area contributed by atoms with Crippen molar-refractivity contribution in [3.05, 3.63) is 76.9 Å². The minimum atomic E-state index is -0.517. The number of amides is 1. The van der Waals surface area contributed by atoms with Gasteiger partial charge in [-0.2, -0.15) is 4.39 Å². The maximum absolute atomic E-state index is 13.4. The third kappa shape index (κ3) is 4.54. The van der Waals surface area contributed by atoms with E-state index in [-0.39, 0.29) is 11.6 Å². The molecule has 3 aromatic heterocycles. The number of hydrogen-bond donors (Lipinski definition) is 3. The molecule has 0 radical (unpaired) electrons. The average molecular weight is 495 g/mol. The van der Waals surface area contributed by atoms with E-state index in [1.165, 1.54) is 12.4 Å². The average Bonchev–Trinajstić information content (AvgIpc) is 3.45. The molecule has 5 rings (SSSR count). The summed E-state index contributed by atoms with van der Waals surface area (Å²) >= 11 is 7.22. The molecule has 0 saturated heterocycles. The first-order chi connectivity index (χ1) is 16.5. The molecular formula is C23H16ClFN6O2S. The minimum Gasteiger partial charge on any atom is -0.457 e. The molecule has 8 nitrogen and oxygen atoms in total. The van der Waals surface area contributed by atoms with E-state index in [0.717, 1.165) is 22.5 Å². The van der Waals surface area contributed by atoms with Crippen molar-refractivity contribution in [3.63, 3.8) is 0 Å². The van der Waals surface area contributed by atoms with Crippen LogP contribution in [0.3, 0.4) is 0 Å². The van der Waals surface area contributed by atoms with Crippen molar-refractivity contribution in [2.45, 2.75) is 0 Å². The van der Waals surface area contributed by atoms with Gasteiger partial charge in [0.25, 0.3) is 11.2 Å². The summed E-state index contributed by atoms with van der Waals surface area (Å²) in [5, 5.41) is 5.72. The number of nitrogens with one attached hydrogen (secondary N) is 3. The van der Waals surface area contributed by atoms with Crippen molar-refractivity contribution < 1.29 is 13.9 Å². The Bertz CT molecular complexity index is 1520. The first kappa shape index (κ1) is 21.8. The van der Waals surface area contributed by atoms with E-state index in [2.05, 4.69) is 30.6 Å². The normalized spacial score (nSPS) is 10.9. The van der Waals surface area contributed by atoms with Crippen LogP contribution in [0.5, 0.6) is 11.5 Å². The van der Waals surface area contributed by atoms with Crippen molar-refractivity contribution in [2.75, 3.05) is 12.4 Å². The van der Waals surface area contributed by atoms with Crippen LogP contribution >= 0.6 is 22.9 Å². The van der Waals surface area contributed by atoms with Gasteiger partial charge >= 0.3 is 0 Å². The van der Waals surface area contributed by atoms with E-state index in [0.29, 0.717) is 38.4 Å². The number of ether oxygens (including phenoxy) is 1. The molecule has 0 aliphatic heterocycles. The number of carbonyl (C=O) groups excluding carboxylic acids is 1. The lowest BCUT2D eigenvalue weighted by Gasteiger charge is -2.06. The number of aromatic nitrogens is 4. The van der Waals surface area contributed by atoms with Gasteiger partial charge in [0.1, 0.15) is 17.2 Å². The number of rotatable bonds is 6. The smallest absolute Gasteiger partial charge is 0.269 e. The molecule has 3 heterocycles. The fourth-order valence-electron chi connectivity index (χ4n) is 3.28. The molecule has 0 spiro atoms. The Labute approximate surface area is 201 Å². The fourth-order valence-corrected chi connectivity index (χ4v) is 4.22. The Morgan fingerprint density at radius 2 is 1.97 bits per heavy atom. The molecule has 0 aliphatic rings. The van der Waals surface area contributed by atoms with Crippen LogP contribution in [0, 0.1) is 5.26 Å². The molecule has 5 aromatic rings. The lowest BCUT2D eigenvalue weighted by Crippen LogP contribution is -2.18. The number of hydrogen-bond acceptors (Lipinski definition) is 7. The van der Waals surface area contributed by atoms with Crippen molar-refractivity contribution >= 4 is 51.5 Å². The van der Waals surface area contributed by atoms with Crippen molar-refractivity contribution in [1.29, 1.82) is 0 Å². The monoisotopic (exact) mass is 494 g/mol. The summed E-state index contributed by atoms with van der Waals surface area (Å²) in [5.74, 6) is 1.26. The van der Waals surface area contributed by atoms with Crippen LogP contribution in [0.4, 0.5) is 16.0 Å². The number of imidazole rings is 1. The van der Waals surface area contributed by atoms with Crippen molar-refractivity contribution in [3.8, 4) is 21.9 Å². The van der Waals surface area contributed by atoms with E-state index >= 15 is 0 Å². The number of fused-ring (bicyclic) bond motifs is 1. The Kier molecular flexibility index (Phi) is 5.83. The predicted octanol–water partition coefficient (Wildman–Crippen LogP) is 5.77. The molecule has 170 valence electrons. The molecule has 0 bridgehead atoms. The second-order valence-electron chi connectivity index (χ2n) is 7.12. The maximum atomic E-state index is 13.4. The number of aromatic amines is 1. The largest absolute Gasteiger partial charge is 0.457 e. The van der Waals surface area contributed by atoms with Crippen LogP contribution in [-0.4, -0.2) is 32.9 Å². The second-order valence-corrected chi connectivity index (χ2v) is 8.51. The number of halogens is 2. The van der Waals surface area contributed by atoms with Crippen LogP contribution in [0.15, 0.2) is 60.9 Å². The maximum Gasteiger partial charge on any atom is 0.269 e. The van der Waals surface area contributed by atoms with E-state index < -0.39 is 5.26 Å². The van der Waals surface area contributed by atoms with Crippen LogP contribution in [0.2, 0.25) is 5.02 Å². The highest BCUT2D eigenvalue weighted by Gasteiger charge is 2.12. The third-order valence-electron chi connectivity index (χ3n) is 4.85. The van der Waals surface area contributed by atoms with E-state index in [1.807, 2.05) is 12.1 Å². The zero-order chi connectivity index (χ0) is 23.7. The summed E-state index contributed by atoms with van der Waals surface area (Å²) in [7, 11) is 1.54. The number of pyridine rings is 1. The molecule has 0 atom stereocenters. The van der Waals surface area contributed by atoms with Gasteiger partial charge in [0.2, 0.25) is 5.95 Å². The SMILES string of the molecule is CNC(=O)c1cc(Oc2ccc3[nH]c(Nc4ccc(Cl)c(-c5cnc(F)s5)c4)nc3c2)ccn1.